The van der Waals surface area contributed by atoms with Crippen LogP contribution in [0.4, 0.5) is 0 Å². The summed E-state index contributed by atoms with van der Waals surface area (Å²) in [5, 5.41) is 13.4. The van der Waals surface area contributed by atoms with Gasteiger partial charge in [0.2, 0.25) is 0 Å². The Hall–Kier alpha value is -0.0800. The summed E-state index contributed by atoms with van der Waals surface area (Å²) in [6.07, 6.45) is 9.57. The second kappa shape index (κ2) is 6.41. The van der Waals surface area contributed by atoms with Gasteiger partial charge in [0.25, 0.3) is 0 Å². The van der Waals surface area contributed by atoms with E-state index in [-0.39, 0.29) is 5.60 Å². The first-order valence-electron chi connectivity index (χ1n) is 6.20. The number of unbranched alkanes of at least 4 members (excludes halogenated alkanes) is 4. The molecule has 14 heavy (non-hydrogen) atoms. The highest BCUT2D eigenvalue weighted by atomic mass is 16.3. The zero-order valence-electron chi connectivity index (χ0n) is 9.52. The molecule has 1 rings (SSSR count). The molecule has 0 bridgehead atoms. The fourth-order valence-corrected chi connectivity index (χ4v) is 2.22. The second-order valence-electron chi connectivity index (χ2n) is 4.67. The first-order valence-corrected chi connectivity index (χ1v) is 6.20. The van der Waals surface area contributed by atoms with Crippen molar-refractivity contribution >= 4 is 0 Å². The molecule has 1 atom stereocenters. The molecule has 0 amide bonds. The summed E-state index contributed by atoms with van der Waals surface area (Å²) in [7, 11) is 0. The van der Waals surface area contributed by atoms with Gasteiger partial charge in [-0.15, -0.1) is 0 Å². The lowest BCUT2D eigenvalue weighted by Crippen LogP contribution is -2.45. The first kappa shape index (κ1) is 12.0. The van der Waals surface area contributed by atoms with Gasteiger partial charge >= 0.3 is 0 Å². The summed E-state index contributed by atoms with van der Waals surface area (Å²) in [5.74, 6) is 0. The Morgan fingerprint density at radius 3 is 2.64 bits per heavy atom. The Morgan fingerprint density at radius 2 is 2.00 bits per heavy atom. The van der Waals surface area contributed by atoms with Gasteiger partial charge in [-0.25, -0.2) is 0 Å². The van der Waals surface area contributed by atoms with E-state index in [0.29, 0.717) is 0 Å². The van der Waals surface area contributed by atoms with E-state index in [9.17, 15) is 5.11 Å². The van der Waals surface area contributed by atoms with Crippen LogP contribution in [0.2, 0.25) is 0 Å². The SMILES string of the molecule is CCCCCCCC1(O)CCCNC1. The predicted octanol–water partition coefficient (Wildman–Crippen LogP) is 2.46. The van der Waals surface area contributed by atoms with Gasteiger partial charge in [-0.3, -0.25) is 0 Å². The monoisotopic (exact) mass is 199 g/mol. The maximum absolute atomic E-state index is 10.2. The Morgan fingerprint density at radius 1 is 1.21 bits per heavy atom. The van der Waals surface area contributed by atoms with Crippen molar-refractivity contribution < 1.29 is 5.11 Å². The quantitative estimate of drug-likeness (QED) is 0.644. The lowest BCUT2D eigenvalue weighted by Gasteiger charge is -2.32. The molecule has 2 nitrogen and oxygen atoms in total. The van der Waals surface area contributed by atoms with Gasteiger partial charge in [0.05, 0.1) is 5.60 Å². The minimum absolute atomic E-state index is 0.384. The molecule has 0 aromatic carbocycles. The van der Waals surface area contributed by atoms with Gasteiger partial charge in [0.15, 0.2) is 0 Å². The van der Waals surface area contributed by atoms with Gasteiger partial charge in [-0.05, 0) is 25.8 Å². The van der Waals surface area contributed by atoms with Crippen molar-refractivity contribution in [3.8, 4) is 0 Å². The van der Waals surface area contributed by atoms with Crippen LogP contribution in [0.1, 0.15) is 58.3 Å². The largest absolute Gasteiger partial charge is 0.389 e. The van der Waals surface area contributed by atoms with Crippen LogP contribution < -0.4 is 5.32 Å². The van der Waals surface area contributed by atoms with E-state index < -0.39 is 0 Å². The van der Waals surface area contributed by atoms with E-state index in [4.69, 9.17) is 0 Å². The molecule has 84 valence electrons. The highest BCUT2D eigenvalue weighted by molar-refractivity contribution is 4.84. The van der Waals surface area contributed by atoms with Crippen LogP contribution in [0.3, 0.4) is 0 Å². The molecule has 0 aliphatic carbocycles. The molecule has 0 saturated carbocycles. The number of β-amino-alcohol motifs (C(OH)–C–C–N with tert-alkyl or cyclic N) is 1. The summed E-state index contributed by atoms with van der Waals surface area (Å²) in [5.41, 5.74) is -0.384. The van der Waals surface area contributed by atoms with Gasteiger partial charge in [0, 0.05) is 6.54 Å². The highest BCUT2D eigenvalue weighted by Crippen LogP contribution is 2.22. The van der Waals surface area contributed by atoms with Crippen LogP contribution in [0.5, 0.6) is 0 Å². The summed E-state index contributed by atoms with van der Waals surface area (Å²) in [6.45, 7) is 4.12. The summed E-state index contributed by atoms with van der Waals surface area (Å²) in [6, 6.07) is 0. The van der Waals surface area contributed by atoms with Crippen molar-refractivity contribution in [3.05, 3.63) is 0 Å². The maximum atomic E-state index is 10.2. The fourth-order valence-electron chi connectivity index (χ4n) is 2.22. The number of hydrogen-bond donors (Lipinski definition) is 2. The molecule has 2 heteroatoms. The van der Waals surface area contributed by atoms with Crippen molar-refractivity contribution in [2.24, 2.45) is 0 Å². The molecule has 1 unspecified atom stereocenters. The third kappa shape index (κ3) is 4.43. The van der Waals surface area contributed by atoms with Crippen LogP contribution in [-0.2, 0) is 0 Å². The Bertz CT molecular complexity index is 141. The van der Waals surface area contributed by atoms with Gasteiger partial charge in [-0.1, -0.05) is 39.0 Å². The second-order valence-corrected chi connectivity index (χ2v) is 4.67. The van der Waals surface area contributed by atoms with E-state index in [2.05, 4.69) is 12.2 Å². The van der Waals surface area contributed by atoms with Gasteiger partial charge < -0.3 is 10.4 Å². The van der Waals surface area contributed by atoms with E-state index in [1.165, 1.54) is 32.1 Å². The number of hydrogen-bond acceptors (Lipinski definition) is 2. The van der Waals surface area contributed by atoms with Crippen LogP contribution in [0, 0.1) is 0 Å². The highest BCUT2D eigenvalue weighted by Gasteiger charge is 2.27. The molecule has 0 radical (unpaired) electrons. The van der Waals surface area contributed by atoms with Crippen molar-refractivity contribution in [1.82, 2.24) is 5.32 Å². The number of aliphatic hydroxyl groups is 1. The third-order valence-electron chi connectivity index (χ3n) is 3.20. The van der Waals surface area contributed by atoms with Crippen LogP contribution >= 0.6 is 0 Å². The van der Waals surface area contributed by atoms with Crippen molar-refractivity contribution in [3.63, 3.8) is 0 Å². The van der Waals surface area contributed by atoms with Gasteiger partial charge in [-0.2, -0.15) is 0 Å². The Balaban J connectivity index is 2.03. The zero-order chi connectivity index (χ0) is 10.3. The number of piperidine rings is 1. The van der Waals surface area contributed by atoms with Crippen LogP contribution in [-0.4, -0.2) is 23.8 Å². The standard InChI is InChI=1S/C12H25NO/c1-2-3-4-5-6-8-12(14)9-7-10-13-11-12/h13-14H,2-11H2,1H3. The molecule has 0 aromatic heterocycles. The van der Waals surface area contributed by atoms with E-state index in [1.807, 2.05) is 0 Å². The minimum atomic E-state index is -0.384. The molecular weight excluding hydrogens is 174 g/mol. The third-order valence-corrected chi connectivity index (χ3v) is 3.20. The summed E-state index contributed by atoms with van der Waals surface area (Å²) < 4.78 is 0. The Kier molecular flexibility index (Phi) is 5.49. The molecule has 0 aromatic rings. The molecule has 1 heterocycles. The molecular formula is C12H25NO. The van der Waals surface area contributed by atoms with Gasteiger partial charge in [0.1, 0.15) is 0 Å². The van der Waals surface area contributed by atoms with Crippen molar-refractivity contribution in [1.29, 1.82) is 0 Å². The number of nitrogens with one attached hydrogen (secondary N) is 1. The summed E-state index contributed by atoms with van der Waals surface area (Å²) >= 11 is 0. The average Bonchev–Trinajstić information content (AvgIpc) is 2.18. The van der Waals surface area contributed by atoms with Crippen molar-refractivity contribution in [2.45, 2.75) is 63.9 Å². The fraction of sp³-hybridized carbons (Fsp3) is 1.00. The Labute approximate surface area is 88.1 Å². The van der Waals surface area contributed by atoms with E-state index in [1.54, 1.807) is 0 Å². The predicted molar refractivity (Wildman–Crippen MR) is 60.4 cm³/mol. The van der Waals surface area contributed by atoms with E-state index in [0.717, 1.165) is 32.4 Å². The molecule has 1 aliphatic heterocycles. The normalized spacial score (nSPS) is 27.9. The molecule has 1 fully saturated rings. The molecule has 1 aliphatic rings. The smallest absolute Gasteiger partial charge is 0.0772 e. The minimum Gasteiger partial charge on any atom is -0.389 e. The van der Waals surface area contributed by atoms with Crippen LogP contribution in [0.15, 0.2) is 0 Å². The lowest BCUT2D eigenvalue weighted by molar-refractivity contribution is 0.00633. The average molecular weight is 199 g/mol. The maximum Gasteiger partial charge on any atom is 0.0772 e. The lowest BCUT2D eigenvalue weighted by atomic mass is 9.88. The van der Waals surface area contributed by atoms with E-state index >= 15 is 0 Å². The number of rotatable bonds is 6. The topological polar surface area (TPSA) is 32.3 Å². The zero-order valence-corrected chi connectivity index (χ0v) is 9.52. The first-order chi connectivity index (χ1) is 6.77. The molecule has 1 saturated heterocycles. The molecule has 2 N–H and O–H groups in total. The molecule has 0 spiro atoms. The van der Waals surface area contributed by atoms with Crippen LogP contribution in [0.25, 0.3) is 0 Å². The summed E-state index contributed by atoms with van der Waals surface area (Å²) in [4.78, 5) is 0. The van der Waals surface area contributed by atoms with Crippen molar-refractivity contribution in [2.75, 3.05) is 13.1 Å².